The minimum absolute atomic E-state index is 0.264. The van der Waals surface area contributed by atoms with Crippen LogP contribution in [0.3, 0.4) is 0 Å². The monoisotopic (exact) mass is 299 g/mol. The maximum atomic E-state index is 11.7. The lowest BCUT2D eigenvalue weighted by atomic mass is 9.91. The molecule has 1 rings (SSSR count). The quantitative estimate of drug-likeness (QED) is 0.739. The van der Waals surface area contributed by atoms with Crippen molar-refractivity contribution in [3.8, 4) is 0 Å². The van der Waals surface area contributed by atoms with Gasteiger partial charge in [-0.15, -0.1) is 0 Å². The summed E-state index contributed by atoms with van der Waals surface area (Å²) in [7, 11) is 4.21. The zero-order valence-corrected chi connectivity index (χ0v) is 14.4. The first kappa shape index (κ1) is 18.2. The Balaban J connectivity index is 2.13. The Morgan fingerprint density at radius 2 is 1.71 bits per heavy atom. The molecule has 1 aliphatic carbocycles. The van der Waals surface area contributed by atoms with Gasteiger partial charge in [-0.05, 0) is 80.1 Å². The molecule has 0 aromatic heterocycles. The lowest BCUT2D eigenvalue weighted by Gasteiger charge is -2.30. The van der Waals surface area contributed by atoms with E-state index in [9.17, 15) is 4.79 Å². The van der Waals surface area contributed by atoms with Crippen LogP contribution in [0.1, 0.15) is 52.9 Å². The Morgan fingerprint density at radius 1 is 1.14 bits per heavy atom. The minimum atomic E-state index is -0.421. The highest BCUT2D eigenvalue weighted by Crippen LogP contribution is 2.19. The summed E-state index contributed by atoms with van der Waals surface area (Å²) in [6.07, 6.45) is 5.22. The van der Waals surface area contributed by atoms with Crippen molar-refractivity contribution in [3.63, 3.8) is 0 Å². The summed E-state index contributed by atoms with van der Waals surface area (Å²) in [6, 6.07) is 0.864. The van der Waals surface area contributed by atoms with Crippen LogP contribution in [-0.4, -0.2) is 55.9 Å². The SMILES string of the molecule is CN(C)CCCNC1CCC(NC(=O)OC(C)(C)C)CC1. The van der Waals surface area contributed by atoms with Gasteiger partial charge in [0.05, 0.1) is 0 Å². The van der Waals surface area contributed by atoms with Crippen molar-refractivity contribution in [1.29, 1.82) is 0 Å². The number of nitrogens with one attached hydrogen (secondary N) is 2. The van der Waals surface area contributed by atoms with Gasteiger partial charge in [-0.1, -0.05) is 0 Å². The van der Waals surface area contributed by atoms with E-state index in [1.165, 1.54) is 6.42 Å². The van der Waals surface area contributed by atoms with E-state index in [0.29, 0.717) is 6.04 Å². The van der Waals surface area contributed by atoms with Gasteiger partial charge < -0.3 is 20.3 Å². The van der Waals surface area contributed by atoms with Crippen molar-refractivity contribution in [2.75, 3.05) is 27.2 Å². The average Bonchev–Trinajstić information content (AvgIpc) is 2.34. The molecule has 0 saturated heterocycles. The standard InChI is InChI=1S/C16H33N3O2/c1-16(2,3)21-15(20)18-14-9-7-13(8-10-14)17-11-6-12-19(4)5/h13-14,17H,6-12H2,1-5H3,(H,18,20). The number of hydrogen-bond acceptors (Lipinski definition) is 4. The molecule has 5 heteroatoms. The highest BCUT2D eigenvalue weighted by molar-refractivity contribution is 5.68. The number of rotatable bonds is 6. The van der Waals surface area contributed by atoms with Crippen LogP contribution in [0, 0.1) is 0 Å². The van der Waals surface area contributed by atoms with Crippen molar-refractivity contribution >= 4 is 6.09 Å². The van der Waals surface area contributed by atoms with Crippen molar-refractivity contribution < 1.29 is 9.53 Å². The van der Waals surface area contributed by atoms with Crippen LogP contribution < -0.4 is 10.6 Å². The summed E-state index contributed by atoms with van der Waals surface area (Å²) in [5.41, 5.74) is -0.421. The van der Waals surface area contributed by atoms with Gasteiger partial charge in [0, 0.05) is 12.1 Å². The molecule has 1 fully saturated rings. The van der Waals surface area contributed by atoms with Crippen LogP contribution in [0.25, 0.3) is 0 Å². The first-order valence-corrected chi connectivity index (χ1v) is 8.14. The van der Waals surface area contributed by atoms with Gasteiger partial charge in [0.2, 0.25) is 0 Å². The van der Waals surface area contributed by atoms with Gasteiger partial charge in [0.25, 0.3) is 0 Å². The van der Waals surface area contributed by atoms with E-state index in [0.717, 1.165) is 38.8 Å². The zero-order chi connectivity index (χ0) is 15.9. The van der Waals surface area contributed by atoms with Gasteiger partial charge in [0.1, 0.15) is 5.60 Å². The van der Waals surface area contributed by atoms with Crippen LogP contribution in [0.2, 0.25) is 0 Å². The second-order valence-electron chi connectivity index (χ2n) is 7.31. The van der Waals surface area contributed by atoms with E-state index in [-0.39, 0.29) is 12.1 Å². The molecule has 0 aliphatic heterocycles. The molecular formula is C16H33N3O2. The molecule has 1 amide bonds. The molecule has 0 unspecified atom stereocenters. The molecule has 0 aromatic carbocycles. The molecular weight excluding hydrogens is 266 g/mol. The number of carbonyl (C=O) groups is 1. The summed E-state index contributed by atoms with van der Waals surface area (Å²) < 4.78 is 5.30. The van der Waals surface area contributed by atoms with Crippen LogP contribution in [0.15, 0.2) is 0 Å². The smallest absolute Gasteiger partial charge is 0.407 e. The normalized spacial score (nSPS) is 23.1. The summed E-state index contributed by atoms with van der Waals surface area (Å²) in [5, 5.41) is 6.60. The van der Waals surface area contributed by atoms with E-state index < -0.39 is 5.60 Å². The first-order chi connectivity index (χ1) is 9.76. The summed E-state index contributed by atoms with van der Waals surface area (Å²) in [6.45, 7) is 7.87. The second kappa shape index (κ2) is 8.59. The molecule has 0 atom stereocenters. The molecule has 5 nitrogen and oxygen atoms in total. The third-order valence-corrected chi connectivity index (χ3v) is 3.66. The van der Waals surface area contributed by atoms with Gasteiger partial charge in [0.15, 0.2) is 0 Å². The van der Waals surface area contributed by atoms with Gasteiger partial charge in [-0.3, -0.25) is 0 Å². The molecule has 21 heavy (non-hydrogen) atoms. The maximum Gasteiger partial charge on any atom is 0.407 e. The Bertz CT molecular complexity index is 305. The fourth-order valence-corrected chi connectivity index (χ4v) is 2.62. The lowest BCUT2D eigenvalue weighted by Crippen LogP contribution is -2.44. The number of alkyl carbamates (subject to hydrolysis) is 1. The molecule has 0 bridgehead atoms. The predicted octanol–water partition coefficient (Wildman–Crippen LogP) is 2.36. The molecule has 0 heterocycles. The highest BCUT2D eigenvalue weighted by atomic mass is 16.6. The number of nitrogens with zero attached hydrogens (tertiary/aromatic N) is 1. The van der Waals surface area contributed by atoms with E-state index >= 15 is 0 Å². The molecule has 124 valence electrons. The number of ether oxygens (including phenoxy) is 1. The second-order valence-corrected chi connectivity index (χ2v) is 7.31. The lowest BCUT2D eigenvalue weighted by molar-refractivity contribution is 0.0490. The molecule has 1 saturated carbocycles. The average molecular weight is 299 g/mol. The van der Waals surface area contributed by atoms with Crippen LogP contribution in [-0.2, 0) is 4.74 Å². The number of carbonyl (C=O) groups excluding carboxylic acids is 1. The third kappa shape index (κ3) is 8.94. The first-order valence-electron chi connectivity index (χ1n) is 8.14. The predicted molar refractivity (Wildman–Crippen MR) is 86.6 cm³/mol. The van der Waals surface area contributed by atoms with Crippen LogP contribution in [0.4, 0.5) is 4.79 Å². The molecule has 0 aromatic rings. The van der Waals surface area contributed by atoms with E-state index in [1.54, 1.807) is 0 Å². The topological polar surface area (TPSA) is 53.6 Å². The van der Waals surface area contributed by atoms with E-state index in [1.807, 2.05) is 20.8 Å². The Morgan fingerprint density at radius 3 is 2.24 bits per heavy atom. The van der Waals surface area contributed by atoms with Crippen molar-refractivity contribution in [2.45, 2.75) is 70.6 Å². The van der Waals surface area contributed by atoms with Crippen molar-refractivity contribution in [2.24, 2.45) is 0 Å². The molecule has 0 radical (unpaired) electrons. The fourth-order valence-electron chi connectivity index (χ4n) is 2.62. The summed E-state index contributed by atoms with van der Waals surface area (Å²) in [4.78, 5) is 13.9. The minimum Gasteiger partial charge on any atom is -0.444 e. The summed E-state index contributed by atoms with van der Waals surface area (Å²) >= 11 is 0. The van der Waals surface area contributed by atoms with Crippen molar-refractivity contribution in [3.05, 3.63) is 0 Å². The van der Waals surface area contributed by atoms with Gasteiger partial charge in [-0.25, -0.2) is 4.79 Å². The number of hydrogen-bond donors (Lipinski definition) is 2. The number of amides is 1. The molecule has 1 aliphatic rings. The van der Waals surface area contributed by atoms with Crippen LogP contribution in [0.5, 0.6) is 0 Å². The van der Waals surface area contributed by atoms with E-state index in [4.69, 9.17) is 4.74 Å². The largest absolute Gasteiger partial charge is 0.444 e. The van der Waals surface area contributed by atoms with Crippen molar-refractivity contribution in [1.82, 2.24) is 15.5 Å². The van der Waals surface area contributed by atoms with Gasteiger partial charge >= 0.3 is 6.09 Å². The van der Waals surface area contributed by atoms with Gasteiger partial charge in [-0.2, -0.15) is 0 Å². The Kier molecular flexibility index (Phi) is 7.46. The highest BCUT2D eigenvalue weighted by Gasteiger charge is 2.24. The Hall–Kier alpha value is -0.810. The maximum absolute atomic E-state index is 11.7. The Labute approximate surface area is 129 Å². The molecule has 0 spiro atoms. The van der Waals surface area contributed by atoms with Crippen LogP contribution >= 0.6 is 0 Å². The molecule has 2 N–H and O–H groups in total. The summed E-state index contributed by atoms with van der Waals surface area (Å²) in [5.74, 6) is 0. The van der Waals surface area contributed by atoms with E-state index in [2.05, 4.69) is 29.6 Å². The third-order valence-electron chi connectivity index (χ3n) is 3.66. The zero-order valence-electron chi connectivity index (χ0n) is 14.4. The fraction of sp³-hybridized carbons (Fsp3) is 0.938.